The van der Waals surface area contributed by atoms with Gasteiger partial charge >= 0.3 is 6.18 Å². The van der Waals surface area contributed by atoms with E-state index in [-0.39, 0.29) is 17.9 Å². The molecule has 1 aliphatic heterocycles. The van der Waals surface area contributed by atoms with Crippen molar-refractivity contribution in [1.29, 1.82) is 0 Å². The highest BCUT2D eigenvalue weighted by molar-refractivity contribution is 5.77. The van der Waals surface area contributed by atoms with Gasteiger partial charge in [-0.25, -0.2) is 5.06 Å². The summed E-state index contributed by atoms with van der Waals surface area (Å²) in [5.41, 5.74) is -0.500. The normalized spacial score (nSPS) is 21.9. The summed E-state index contributed by atoms with van der Waals surface area (Å²) in [7, 11) is 0. The van der Waals surface area contributed by atoms with Crippen molar-refractivity contribution < 1.29 is 28.3 Å². The van der Waals surface area contributed by atoms with E-state index in [9.17, 15) is 18.0 Å². The van der Waals surface area contributed by atoms with Gasteiger partial charge in [-0.1, -0.05) is 0 Å². The summed E-state index contributed by atoms with van der Waals surface area (Å²) in [6.07, 6.45) is -5.10. The second kappa shape index (κ2) is 5.01. The first-order chi connectivity index (χ1) is 6.93. The quantitative estimate of drug-likeness (QED) is 0.637. The number of nitrogens with zero attached hydrogens (tertiary/aromatic N) is 1. The van der Waals surface area contributed by atoms with Crippen LogP contribution in [-0.2, 0) is 4.79 Å². The molecule has 4 nitrogen and oxygen atoms in total. The largest absolute Gasteiger partial charge is 0.411 e. The number of hydroxylamine groups is 2. The molecule has 1 amide bonds. The lowest BCUT2D eigenvalue weighted by atomic mass is 10.2. The fourth-order valence-corrected chi connectivity index (χ4v) is 0.973. The van der Waals surface area contributed by atoms with Crippen LogP contribution in [0.5, 0.6) is 0 Å². The van der Waals surface area contributed by atoms with Crippen LogP contribution in [0.1, 0.15) is 33.6 Å². The molecule has 0 aromatic carbocycles. The highest BCUT2D eigenvalue weighted by Crippen LogP contribution is 2.31. The molecule has 1 atom stereocenters. The Morgan fingerprint density at radius 3 is 1.81 bits per heavy atom. The minimum absolute atomic E-state index is 0.235. The number of halogens is 3. The van der Waals surface area contributed by atoms with Crippen molar-refractivity contribution in [2.75, 3.05) is 0 Å². The van der Waals surface area contributed by atoms with Gasteiger partial charge in [-0.3, -0.25) is 10.0 Å². The molecular weight excluding hydrogens is 227 g/mol. The molecule has 0 saturated carbocycles. The zero-order valence-corrected chi connectivity index (χ0v) is 9.38. The second-order valence-electron chi connectivity index (χ2n) is 4.51. The minimum Gasteiger partial charge on any atom is -0.391 e. The molecule has 1 saturated heterocycles. The smallest absolute Gasteiger partial charge is 0.391 e. The SMILES string of the molecule is CC(C)(C)O.O=C1CC[C@@H](C(F)(F)F)N1O. The van der Waals surface area contributed by atoms with Crippen LogP contribution in [-0.4, -0.2) is 39.1 Å². The van der Waals surface area contributed by atoms with E-state index in [4.69, 9.17) is 10.3 Å². The van der Waals surface area contributed by atoms with Gasteiger partial charge in [-0.05, 0) is 27.2 Å². The molecule has 0 aromatic heterocycles. The van der Waals surface area contributed by atoms with Gasteiger partial charge in [0.1, 0.15) is 0 Å². The van der Waals surface area contributed by atoms with E-state index in [1.54, 1.807) is 20.8 Å². The summed E-state index contributed by atoms with van der Waals surface area (Å²) in [5.74, 6) is -0.868. The van der Waals surface area contributed by atoms with Crippen LogP contribution in [0.4, 0.5) is 13.2 Å². The van der Waals surface area contributed by atoms with Crippen LogP contribution in [0.3, 0.4) is 0 Å². The lowest BCUT2D eigenvalue weighted by molar-refractivity contribution is -0.234. The summed E-state index contributed by atoms with van der Waals surface area (Å²) < 4.78 is 35.5. The molecule has 1 rings (SSSR count). The molecule has 1 aliphatic rings. The molecule has 0 aromatic rings. The summed E-state index contributed by atoms with van der Waals surface area (Å²) in [6.45, 7) is 5.23. The molecule has 1 heterocycles. The van der Waals surface area contributed by atoms with Crippen LogP contribution in [0.15, 0.2) is 0 Å². The number of alkyl halides is 3. The first-order valence-electron chi connectivity index (χ1n) is 4.73. The Morgan fingerprint density at radius 1 is 1.31 bits per heavy atom. The van der Waals surface area contributed by atoms with Gasteiger partial charge in [0, 0.05) is 6.42 Å². The van der Waals surface area contributed by atoms with Crippen molar-refractivity contribution >= 4 is 5.91 Å². The molecule has 16 heavy (non-hydrogen) atoms. The number of rotatable bonds is 0. The number of carbonyl (C=O) groups is 1. The molecule has 0 spiro atoms. The van der Waals surface area contributed by atoms with Crippen LogP contribution in [0.25, 0.3) is 0 Å². The average Bonchev–Trinajstić information content (AvgIpc) is 2.27. The number of hydrogen-bond donors (Lipinski definition) is 2. The van der Waals surface area contributed by atoms with Crippen molar-refractivity contribution in [3.63, 3.8) is 0 Å². The molecule has 0 unspecified atom stereocenters. The Morgan fingerprint density at radius 2 is 1.69 bits per heavy atom. The maximum Gasteiger partial charge on any atom is 0.411 e. The summed E-state index contributed by atoms with van der Waals surface area (Å²) in [6, 6.07) is -2.00. The molecule has 0 aliphatic carbocycles. The third-order valence-corrected chi connectivity index (χ3v) is 1.56. The predicted molar refractivity (Wildman–Crippen MR) is 49.7 cm³/mol. The number of aliphatic hydroxyl groups is 1. The van der Waals surface area contributed by atoms with E-state index >= 15 is 0 Å². The van der Waals surface area contributed by atoms with E-state index in [2.05, 4.69) is 0 Å². The van der Waals surface area contributed by atoms with Gasteiger partial charge in [0.2, 0.25) is 5.91 Å². The van der Waals surface area contributed by atoms with Crippen LogP contribution < -0.4 is 0 Å². The first-order valence-corrected chi connectivity index (χ1v) is 4.73. The van der Waals surface area contributed by atoms with E-state index in [0.29, 0.717) is 0 Å². The Labute approximate surface area is 91.6 Å². The van der Waals surface area contributed by atoms with Crippen molar-refractivity contribution in [3.8, 4) is 0 Å². The minimum atomic E-state index is -4.51. The molecule has 2 N–H and O–H groups in total. The molecule has 0 radical (unpaired) electrons. The number of amides is 1. The predicted octanol–water partition coefficient (Wildman–Crippen LogP) is 1.71. The maximum absolute atomic E-state index is 11.8. The van der Waals surface area contributed by atoms with Crippen molar-refractivity contribution in [2.24, 2.45) is 0 Å². The number of carbonyl (C=O) groups excluding carboxylic acids is 1. The van der Waals surface area contributed by atoms with E-state index < -0.39 is 23.7 Å². The summed E-state index contributed by atoms with van der Waals surface area (Å²) in [5, 5.41) is 16.8. The third-order valence-electron chi connectivity index (χ3n) is 1.56. The fraction of sp³-hybridized carbons (Fsp3) is 0.889. The third kappa shape index (κ3) is 5.92. The van der Waals surface area contributed by atoms with Crippen LogP contribution in [0, 0.1) is 0 Å². The molecule has 7 heteroatoms. The van der Waals surface area contributed by atoms with Crippen molar-refractivity contribution in [2.45, 2.75) is 51.4 Å². The van der Waals surface area contributed by atoms with Gasteiger partial charge in [-0.2, -0.15) is 13.2 Å². The average molecular weight is 243 g/mol. The second-order valence-corrected chi connectivity index (χ2v) is 4.51. The van der Waals surface area contributed by atoms with Gasteiger partial charge < -0.3 is 5.11 Å². The molecule has 0 bridgehead atoms. The molecule has 1 fully saturated rings. The monoisotopic (exact) mass is 243 g/mol. The zero-order chi connectivity index (χ0) is 13.1. The zero-order valence-electron chi connectivity index (χ0n) is 9.38. The highest BCUT2D eigenvalue weighted by Gasteiger charge is 2.48. The standard InChI is InChI=1S/C5H6F3NO2.C4H10O/c6-5(7,8)3-1-2-4(10)9(3)11;1-4(2,3)5/h3,11H,1-2H2;5H,1-3H3/t3-;/m0./s1. The topological polar surface area (TPSA) is 60.8 Å². The Balaban J connectivity index is 0.000000385. The fourth-order valence-electron chi connectivity index (χ4n) is 0.973. The Bertz CT molecular complexity index is 241. The lowest BCUT2D eigenvalue weighted by Crippen LogP contribution is -2.40. The molecule has 96 valence electrons. The van der Waals surface area contributed by atoms with Gasteiger partial charge in [0.25, 0.3) is 0 Å². The van der Waals surface area contributed by atoms with Crippen LogP contribution >= 0.6 is 0 Å². The van der Waals surface area contributed by atoms with E-state index in [0.717, 1.165) is 0 Å². The van der Waals surface area contributed by atoms with Crippen molar-refractivity contribution in [1.82, 2.24) is 5.06 Å². The summed E-state index contributed by atoms with van der Waals surface area (Å²) >= 11 is 0. The first kappa shape index (κ1) is 15.2. The maximum atomic E-state index is 11.8. The Hall–Kier alpha value is -0.820. The van der Waals surface area contributed by atoms with E-state index in [1.807, 2.05) is 0 Å². The van der Waals surface area contributed by atoms with E-state index in [1.165, 1.54) is 0 Å². The van der Waals surface area contributed by atoms with Crippen LogP contribution in [0.2, 0.25) is 0 Å². The van der Waals surface area contributed by atoms with Gasteiger partial charge in [0.05, 0.1) is 5.60 Å². The van der Waals surface area contributed by atoms with Crippen molar-refractivity contribution in [3.05, 3.63) is 0 Å². The Kier molecular flexibility index (Phi) is 4.75. The van der Waals surface area contributed by atoms with Gasteiger partial charge in [-0.15, -0.1) is 0 Å². The summed E-state index contributed by atoms with van der Waals surface area (Å²) in [4.78, 5) is 10.4. The highest BCUT2D eigenvalue weighted by atomic mass is 19.4. The lowest BCUT2D eigenvalue weighted by Gasteiger charge is -2.19. The van der Waals surface area contributed by atoms with Gasteiger partial charge in [0.15, 0.2) is 6.04 Å². The number of hydrogen-bond acceptors (Lipinski definition) is 3. The molecular formula is C9H16F3NO3.